The molecule has 0 bridgehead atoms. The van der Waals surface area contributed by atoms with Gasteiger partial charge in [0, 0.05) is 26.2 Å². The van der Waals surface area contributed by atoms with E-state index < -0.39 is 26.2 Å². The van der Waals surface area contributed by atoms with E-state index in [1.54, 1.807) is 48.5 Å². The molecule has 1 saturated heterocycles. The van der Waals surface area contributed by atoms with Gasteiger partial charge in [-0.2, -0.15) is 8.61 Å². The smallest absolute Gasteiger partial charge is 0.243 e. The van der Waals surface area contributed by atoms with Crippen LogP contribution in [0.1, 0.15) is 16.7 Å². The van der Waals surface area contributed by atoms with Crippen molar-refractivity contribution in [3.05, 3.63) is 95.6 Å². The van der Waals surface area contributed by atoms with Crippen LogP contribution < -0.4 is 0 Å². The van der Waals surface area contributed by atoms with Crippen LogP contribution >= 0.6 is 0 Å². The van der Waals surface area contributed by atoms with E-state index in [0.717, 1.165) is 16.7 Å². The SMILES string of the molecule is Cc1ccc(S(=O)(=O)N2CCOCCOCCN(S(=O)(=O)c3ccc(C)cc3)CCOC(COCc3ccccc3)COCC2)cc1. The van der Waals surface area contributed by atoms with E-state index in [4.69, 9.17) is 23.7 Å². The van der Waals surface area contributed by atoms with Crippen LogP contribution in [-0.2, 0) is 50.3 Å². The summed E-state index contributed by atoms with van der Waals surface area (Å²) in [5.74, 6) is 0. The summed E-state index contributed by atoms with van der Waals surface area (Å²) in [7, 11) is -7.59. The van der Waals surface area contributed by atoms with Gasteiger partial charge in [-0.15, -0.1) is 0 Å². The molecule has 1 atom stereocenters. The van der Waals surface area contributed by atoms with Crippen LogP contribution in [0.2, 0.25) is 0 Å². The Kier molecular flexibility index (Phi) is 14.8. The molecule has 0 N–H and O–H groups in total. The average Bonchev–Trinajstić information content (AvgIpc) is 3.06. The molecular formula is C34H46N2O9S2. The van der Waals surface area contributed by atoms with Crippen molar-refractivity contribution in [1.29, 1.82) is 0 Å². The van der Waals surface area contributed by atoms with Gasteiger partial charge in [0.25, 0.3) is 0 Å². The number of rotatable bonds is 8. The summed E-state index contributed by atoms with van der Waals surface area (Å²) in [6.45, 7) is 5.90. The maximum Gasteiger partial charge on any atom is 0.243 e. The molecule has 1 heterocycles. The molecule has 1 aliphatic rings. The molecule has 3 aromatic rings. The molecule has 1 fully saturated rings. The molecule has 0 saturated carbocycles. The third kappa shape index (κ3) is 11.7. The third-order valence-electron chi connectivity index (χ3n) is 7.56. The van der Waals surface area contributed by atoms with E-state index in [9.17, 15) is 16.8 Å². The lowest BCUT2D eigenvalue weighted by molar-refractivity contribution is -0.0661. The van der Waals surface area contributed by atoms with Crippen molar-refractivity contribution in [2.24, 2.45) is 0 Å². The zero-order valence-electron chi connectivity index (χ0n) is 27.2. The first-order valence-corrected chi connectivity index (χ1v) is 18.6. The molecule has 1 aliphatic heterocycles. The summed E-state index contributed by atoms with van der Waals surface area (Å²) in [6.07, 6.45) is -0.525. The first-order valence-electron chi connectivity index (χ1n) is 15.8. The van der Waals surface area contributed by atoms with Crippen LogP contribution in [-0.4, -0.2) is 111 Å². The van der Waals surface area contributed by atoms with Crippen molar-refractivity contribution in [2.45, 2.75) is 36.3 Å². The van der Waals surface area contributed by atoms with E-state index in [1.807, 2.05) is 44.2 Å². The highest BCUT2D eigenvalue weighted by Crippen LogP contribution is 2.18. The topological polar surface area (TPSA) is 121 Å². The minimum Gasteiger partial charge on any atom is -0.378 e. The fourth-order valence-electron chi connectivity index (χ4n) is 4.81. The minimum absolute atomic E-state index is 0.0881. The van der Waals surface area contributed by atoms with Crippen molar-refractivity contribution in [2.75, 3.05) is 79.0 Å². The highest BCUT2D eigenvalue weighted by molar-refractivity contribution is 7.89. The summed E-state index contributed by atoms with van der Waals surface area (Å²) in [5, 5.41) is 0. The molecule has 13 heteroatoms. The fraction of sp³-hybridized carbons (Fsp3) is 0.471. The van der Waals surface area contributed by atoms with Crippen LogP contribution in [0.3, 0.4) is 0 Å². The number of sulfonamides is 2. The van der Waals surface area contributed by atoms with Gasteiger partial charge in [0.15, 0.2) is 0 Å². The van der Waals surface area contributed by atoms with Crippen molar-refractivity contribution >= 4 is 20.0 Å². The quantitative estimate of drug-likeness (QED) is 0.349. The van der Waals surface area contributed by atoms with Gasteiger partial charge in [-0.3, -0.25) is 0 Å². The normalized spacial score (nSPS) is 19.5. The number of benzene rings is 3. The molecule has 258 valence electrons. The zero-order valence-corrected chi connectivity index (χ0v) is 28.8. The minimum atomic E-state index is -3.81. The number of ether oxygens (including phenoxy) is 5. The lowest BCUT2D eigenvalue weighted by atomic mass is 10.2. The Labute approximate surface area is 279 Å². The Balaban J connectivity index is 1.45. The highest BCUT2D eigenvalue weighted by atomic mass is 32.2. The molecular weight excluding hydrogens is 645 g/mol. The summed E-state index contributed by atoms with van der Waals surface area (Å²) in [5.41, 5.74) is 2.93. The van der Waals surface area contributed by atoms with Gasteiger partial charge in [0.2, 0.25) is 20.0 Å². The molecule has 0 spiro atoms. The van der Waals surface area contributed by atoms with Gasteiger partial charge >= 0.3 is 0 Å². The van der Waals surface area contributed by atoms with Gasteiger partial charge < -0.3 is 23.7 Å². The van der Waals surface area contributed by atoms with E-state index in [-0.39, 0.29) is 88.8 Å². The number of aryl methyl sites for hydroxylation is 2. The van der Waals surface area contributed by atoms with Crippen LogP contribution in [0.15, 0.2) is 88.7 Å². The Hall–Kier alpha value is -2.72. The maximum absolute atomic E-state index is 13.6. The Morgan fingerprint density at radius 2 is 1.09 bits per heavy atom. The largest absolute Gasteiger partial charge is 0.378 e. The third-order valence-corrected chi connectivity index (χ3v) is 11.4. The predicted molar refractivity (Wildman–Crippen MR) is 178 cm³/mol. The number of nitrogens with zero attached hydrogens (tertiary/aromatic N) is 2. The summed E-state index contributed by atoms with van der Waals surface area (Å²) >= 11 is 0. The van der Waals surface area contributed by atoms with E-state index in [2.05, 4.69) is 0 Å². The number of hydrogen-bond donors (Lipinski definition) is 0. The monoisotopic (exact) mass is 690 g/mol. The molecule has 11 nitrogen and oxygen atoms in total. The van der Waals surface area contributed by atoms with Crippen molar-refractivity contribution in [3.63, 3.8) is 0 Å². The predicted octanol–water partition coefficient (Wildman–Crippen LogP) is 3.65. The fourth-order valence-corrected chi connectivity index (χ4v) is 7.62. The van der Waals surface area contributed by atoms with Crippen molar-refractivity contribution in [1.82, 2.24) is 8.61 Å². The highest BCUT2D eigenvalue weighted by Gasteiger charge is 2.26. The maximum atomic E-state index is 13.6. The first-order chi connectivity index (χ1) is 22.7. The summed E-state index contributed by atoms with van der Waals surface area (Å²) in [6, 6.07) is 23.2. The second kappa shape index (κ2) is 18.7. The Morgan fingerprint density at radius 3 is 1.60 bits per heavy atom. The van der Waals surface area contributed by atoms with Crippen molar-refractivity contribution < 1.29 is 40.5 Å². The molecule has 0 amide bonds. The number of hydrogen-bond acceptors (Lipinski definition) is 9. The van der Waals surface area contributed by atoms with Crippen LogP contribution in [0.4, 0.5) is 0 Å². The van der Waals surface area contributed by atoms with Gasteiger partial charge in [-0.1, -0.05) is 65.7 Å². The summed E-state index contributed by atoms with van der Waals surface area (Å²) < 4.78 is 86.2. The molecule has 0 radical (unpaired) electrons. The molecule has 47 heavy (non-hydrogen) atoms. The second-order valence-electron chi connectivity index (χ2n) is 11.2. The zero-order chi connectivity index (χ0) is 33.5. The van der Waals surface area contributed by atoms with E-state index >= 15 is 0 Å². The molecule has 0 aromatic heterocycles. The van der Waals surface area contributed by atoms with Crippen LogP contribution in [0.5, 0.6) is 0 Å². The molecule has 3 aromatic carbocycles. The molecule has 1 unspecified atom stereocenters. The van der Waals surface area contributed by atoms with Gasteiger partial charge in [0.05, 0.1) is 69.3 Å². The Bertz CT molecular complexity index is 1550. The lowest BCUT2D eigenvalue weighted by Gasteiger charge is -2.25. The van der Waals surface area contributed by atoms with Crippen LogP contribution in [0.25, 0.3) is 0 Å². The Morgan fingerprint density at radius 1 is 0.617 bits per heavy atom. The molecule has 4 rings (SSSR count). The summed E-state index contributed by atoms with van der Waals surface area (Å²) in [4.78, 5) is 0.402. The van der Waals surface area contributed by atoms with Crippen molar-refractivity contribution in [3.8, 4) is 0 Å². The average molecular weight is 691 g/mol. The van der Waals surface area contributed by atoms with Gasteiger partial charge in [-0.25, -0.2) is 16.8 Å². The standard InChI is InChI=1S/C34H46N2O9S2/c1-29-8-12-33(13-9-29)46(37,38)35-16-20-41-24-25-42-21-17-36(47(39,40)34-14-10-30(2)11-15-34)19-23-45-32(27-43-22-18-35)28-44-26-31-6-4-3-5-7-31/h3-15,32H,16-28H2,1-2H3. The van der Waals surface area contributed by atoms with Gasteiger partial charge in [-0.05, 0) is 43.7 Å². The lowest BCUT2D eigenvalue weighted by Crippen LogP contribution is -2.39. The second-order valence-corrected chi connectivity index (χ2v) is 15.1. The van der Waals surface area contributed by atoms with Crippen LogP contribution in [0, 0.1) is 13.8 Å². The van der Waals surface area contributed by atoms with E-state index in [0.29, 0.717) is 6.61 Å². The van der Waals surface area contributed by atoms with Gasteiger partial charge in [0.1, 0.15) is 6.10 Å². The molecule has 0 aliphatic carbocycles. The first kappa shape index (κ1) is 37.1. The van der Waals surface area contributed by atoms with E-state index in [1.165, 1.54) is 8.61 Å².